The van der Waals surface area contributed by atoms with Crippen LogP contribution in [-0.2, 0) is 9.47 Å². The van der Waals surface area contributed by atoms with Crippen LogP contribution in [0.4, 0.5) is 4.79 Å². The number of methoxy groups -OCH3 is 2. The van der Waals surface area contributed by atoms with Crippen molar-refractivity contribution in [2.45, 2.75) is 17.1 Å². The van der Waals surface area contributed by atoms with Gasteiger partial charge in [0.05, 0.1) is 18.0 Å². The first-order valence-corrected chi connectivity index (χ1v) is 6.58. The minimum Gasteiger partial charge on any atom is -0.453 e. The lowest BCUT2D eigenvalue weighted by molar-refractivity contribution is -0.0435. The molecular weight excluding hydrogens is 312 g/mol. The quantitative estimate of drug-likeness (QED) is 0.745. The van der Waals surface area contributed by atoms with Crippen molar-refractivity contribution in [3.05, 3.63) is 35.4 Å². The number of nitrogens with zero attached hydrogens (tertiary/aromatic N) is 2. The fourth-order valence-corrected chi connectivity index (χ4v) is 3.17. The van der Waals surface area contributed by atoms with Crippen molar-refractivity contribution in [2.75, 3.05) is 14.2 Å². The lowest BCUT2D eigenvalue weighted by Gasteiger charge is -2.40. The maximum absolute atomic E-state index is 11.9. The molecule has 19 heavy (non-hydrogen) atoms. The highest BCUT2D eigenvalue weighted by Gasteiger charge is 2.43. The molecule has 100 valence electrons. The normalized spacial score (nSPS) is 25.4. The number of carbonyl (C=O) groups is 1. The lowest BCUT2D eigenvalue weighted by atomic mass is 9.92. The first-order chi connectivity index (χ1) is 9.15. The van der Waals surface area contributed by atoms with Gasteiger partial charge in [0.25, 0.3) is 0 Å². The molecule has 6 heteroatoms. The molecule has 0 N–H and O–H groups in total. The summed E-state index contributed by atoms with van der Waals surface area (Å²) in [7, 11) is 2.78. The van der Waals surface area contributed by atoms with Gasteiger partial charge in [0.2, 0.25) is 0 Å². The smallest absolute Gasteiger partial charge is 0.412 e. The van der Waals surface area contributed by atoms with Crippen LogP contribution in [-0.4, -0.2) is 31.4 Å². The lowest BCUT2D eigenvalue weighted by Crippen LogP contribution is -2.48. The van der Waals surface area contributed by atoms with E-state index in [-0.39, 0.29) is 4.83 Å². The van der Waals surface area contributed by atoms with Crippen LogP contribution in [0.3, 0.4) is 0 Å². The average Bonchev–Trinajstić information content (AvgIpc) is 2.46. The number of fused-ring (bicyclic) bond motifs is 1. The number of ether oxygens (including phenoxy) is 2. The molecule has 0 fully saturated rings. The molecule has 0 aliphatic carbocycles. The molecule has 0 saturated carbocycles. The van der Waals surface area contributed by atoms with Gasteiger partial charge in [-0.05, 0) is 11.1 Å². The third kappa shape index (κ3) is 2.20. The molecule has 3 unspecified atom stereocenters. The van der Waals surface area contributed by atoms with Gasteiger partial charge in [0, 0.05) is 7.11 Å². The number of alkyl halides is 1. The molecule has 0 saturated heterocycles. The highest BCUT2D eigenvalue weighted by atomic mass is 79.9. The second-order valence-corrected chi connectivity index (χ2v) is 5.05. The number of hydrogen-bond donors (Lipinski definition) is 0. The third-order valence-corrected chi connectivity index (χ3v) is 4.09. The Morgan fingerprint density at radius 2 is 2.00 bits per heavy atom. The minimum absolute atomic E-state index is 0.211. The van der Waals surface area contributed by atoms with Crippen LogP contribution < -0.4 is 0 Å². The van der Waals surface area contributed by atoms with E-state index in [9.17, 15) is 10.1 Å². The van der Waals surface area contributed by atoms with Crippen molar-refractivity contribution in [3.63, 3.8) is 0 Å². The molecule has 0 bridgehead atoms. The number of hydrogen-bond acceptors (Lipinski definition) is 4. The van der Waals surface area contributed by atoms with E-state index in [0.717, 1.165) is 11.1 Å². The maximum atomic E-state index is 11.9. The van der Waals surface area contributed by atoms with Gasteiger partial charge in [-0.1, -0.05) is 40.2 Å². The van der Waals surface area contributed by atoms with Gasteiger partial charge >= 0.3 is 6.09 Å². The fourth-order valence-electron chi connectivity index (χ4n) is 2.28. The highest BCUT2D eigenvalue weighted by molar-refractivity contribution is 9.09. The van der Waals surface area contributed by atoms with E-state index in [1.54, 1.807) is 0 Å². The molecule has 2 rings (SSSR count). The summed E-state index contributed by atoms with van der Waals surface area (Å²) in [5.41, 5.74) is 1.73. The molecule has 1 aromatic carbocycles. The molecule has 1 amide bonds. The van der Waals surface area contributed by atoms with Crippen LogP contribution in [0.5, 0.6) is 0 Å². The predicted octanol–water partition coefficient (Wildman–Crippen LogP) is 2.74. The van der Waals surface area contributed by atoms with Crippen molar-refractivity contribution in [1.29, 1.82) is 5.26 Å². The second-order valence-electron chi connectivity index (χ2n) is 4.07. The number of carbonyl (C=O) groups excluding carboxylic acids is 1. The van der Waals surface area contributed by atoms with Crippen LogP contribution in [0.1, 0.15) is 22.0 Å². The molecule has 0 spiro atoms. The Balaban J connectivity index is 2.56. The molecule has 3 atom stereocenters. The molecule has 5 nitrogen and oxygen atoms in total. The van der Waals surface area contributed by atoms with E-state index in [1.165, 1.54) is 19.1 Å². The molecule has 0 aromatic heterocycles. The van der Waals surface area contributed by atoms with Gasteiger partial charge in [0.15, 0.2) is 12.3 Å². The zero-order valence-electron chi connectivity index (χ0n) is 10.5. The van der Waals surface area contributed by atoms with Gasteiger partial charge in [0.1, 0.15) is 0 Å². The predicted molar refractivity (Wildman–Crippen MR) is 71.5 cm³/mol. The molecule has 1 aliphatic rings. The zero-order valence-corrected chi connectivity index (χ0v) is 12.1. The first kappa shape index (κ1) is 13.8. The van der Waals surface area contributed by atoms with Gasteiger partial charge in [-0.2, -0.15) is 5.26 Å². The Morgan fingerprint density at radius 3 is 2.53 bits per heavy atom. The van der Waals surface area contributed by atoms with Crippen molar-refractivity contribution >= 4 is 22.0 Å². The van der Waals surface area contributed by atoms with Crippen molar-refractivity contribution in [1.82, 2.24) is 4.90 Å². The Morgan fingerprint density at radius 1 is 1.37 bits per heavy atom. The second kappa shape index (κ2) is 5.59. The number of halogens is 1. The molecule has 1 aromatic rings. The van der Waals surface area contributed by atoms with Crippen molar-refractivity contribution in [2.24, 2.45) is 0 Å². The topological polar surface area (TPSA) is 62.6 Å². The summed E-state index contributed by atoms with van der Waals surface area (Å²) in [6.07, 6.45) is -1.18. The summed E-state index contributed by atoms with van der Waals surface area (Å²) in [4.78, 5) is 13.0. The zero-order chi connectivity index (χ0) is 14.0. The van der Waals surface area contributed by atoms with E-state index < -0.39 is 18.4 Å². The van der Waals surface area contributed by atoms with Gasteiger partial charge < -0.3 is 9.47 Å². The van der Waals surface area contributed by atoms with Crippen LogP contribution in [0.2, 0.25) is 0 Å². The summed E-state index contributed by atoms with van der Waals surface area (Å²) >= 11 is 3.52. The van der Waals surface area contributed by atoms with Crippen LogP contribution in [0, 0.1) is 11.3 Å². The van der Waals surface area contributed by atoms with Crippen molar-refractivity contribution < 1.29 is 14.3 Å². The first-order valence-electron chi connectivity index (χ1n) is 5.67. The van der Waals surface area contributed by atoms with E-state index >= 15 is 0 Å². The van der Waals surface area contributed by atoms with Gasteiger partial charge in [-0.25, -0.2) is 4.79 Å². The van der Waals surface area contributed by atoms with Crippen LogP contribution in [0.15, 0.2) is 24.3 Å². The summed E-state index contributed by atoms with van der Waals surface area (Å²) in [5, 5.41) is 9.38. The SMILES string of the molecule is COC(=O)N1C(C#N)c2ccccc2C(Br)C1OC. The van der Waals surface area contributed by atoms with Gasteiger partial charge in [-0.15, -0.1) is 0 Å². The molecule has 0 radical (unpaired) electrons. The van der Waals surface area contributed by atoms with Crippen LogP contribution >= 0.6 is 15.9 Å². The standard InChI is InChI=1S/C13H13BrN2O3/c1-18-12-11(14)9-6-4-3-5-8(9)10(7-15)16(12)13(17)19-2/h3-6,10-12H,1-2H3. The fraction of sp³-hybridized carbons (Fsp3) is 0.385. The highest BCUT2D eigenvalue weighted by Crippen LogP contribution is 2.43. The molecule has 1 aliphatic heterocycles. The number of benzene rings is 1. The van der Waals surface area contributed by atoms with Gasteiger partial charge in [-0.3, -0.25) is 4.90 Å². The van der Waals surface area contributed by atoms with E-state index in [1.807, 2.05) is 24.3 Å². The summed E-state index contributed by atoms with van der Waals surface area (Å²) in [6.45, 7) is 0. The summed E-state index contributed by atoms with van der Waals surface area (Å²) in [5.74, 6) is 0. The number of rotatable bonds is 1. The molecule has 1 heterocycles. The number of nitriles is 1. The van der Waals surface area contributed by atoms with Crippen LogP contribution in [0.25, 0.3) is 0 Å². The third-order valence-electron chi connectivity index (χ3n) is 3.14. The Kier molecular flexibility index (Phi) is 4.08. The Labute approximate surface area is 119 Å². The minimum atomic E-state index is -0.720. The Bertz CT molecular complexity index is 529. The van der Waals surface area contributed by atoms with E-state index in [2.05, 4.69) is 22.0 Å². The maximum Gasteiger partial charge on any atom is 0.412 e. The van der Waals surface area contributed by atoms with E-state index in [4.69, 9.17) is 9.47 Å². The largest absolute Gasteiger partial charge is 0.453 e. The Hall–Kier alpha value is -1.58. The summed E-state index contributed by atoms with van der Waals surface area (Å²) in [6, 6.07) is 8.89. The number of amides is 1. The summed E-state index contributed by atoms with van der Waals surface area (Å²) < 4.78 is 10.1. The molecular formula is C13H13BrN2O3. The average molecular weight is 325 g/mol. The van der Waals surface area contributed by atoms with E-state index in [0.29, 0.717) is 0 Å². The monoisotopic (exact) mass is 324 g/mol. The van der Waals surface area contributed by atoms with Crippen molar-refractivity contribution in [3.8, 4) is 6.07 Å².